The molecule has 0 amide bonds. The molecular weight excluding hydrogens is 180 g/mol. The molecule has 0 saturated heterocycles. The van der Waals surface area contributed by atoms with Crippen LogP contribution in [0.5, 0.6) is 0 Å². The number of nitriles is 1. The SMILES string of the molecule is C=Nc1ccccc1SCCC#N. The molecule has 0 aliphatic rings. The lowest BCUT2D eigenvalue weighted by molar-refractivity contribution is 1.23. The molecule has 13 heavy (non-hydrogen) atoms. The summed E-state index contributed by atoms with van der Waals surface area (Å²) in [4.78, 5) is 4.99. The van der Waals surface area contributed by atoms with Gasteiger partial charge in [0.1, 0.15) is 0 Å². The summed E-state index contributed by atoms with van der Waals surface area (Å²) in [6.45, 7) is 3.49. The molecule has 0 saturated carbocycles. The molecule has 1 aromatic carbocycles. The Morgan fingerprint density at radius 2 is 2.23 bits per heavy atom. The van der Waals surface area contributed by atoms with Crippen LogP contribution in [-0.4, -0.2) is 12.5 Å². The first-order valence-corrected chi connectivity index (χ1v) is 4.92. The molecule has 2 nitrogen and oxygen atoms in total. The van der Waals surface area contributed by atoms with Crippen molar-refractivity contribution in [2.24, 2.45) is 4.99 Å². The quantitative estimate of drug-likeness (QED) is 0.415. The van der Waals surface area contributed by atoms with E-state index in [1.807, 2.05) is 24.3 Å². The van der Waals surface area contributed by atoms with Crippen molar-refractivity contribution in [3.05, 3.63) is 24.3 Å². The maximum atomic E-state index is 8.37. The van der Waals surface area contributed by atoms with Gasteiger partial charge in [0.15, 0.2) is 0 Å². The fraction of sp³-hybridized carbons (Fsp3) is 0.200. The lowest BCUT2D eigenvalue weighted by atomic mass is 10.3. The minimum Gasteiger partial charge on any atom is -0.263 e. The summed E-state index contributed by atoms with van der Waals surface area (Å²) in [7, 11) is 0. The molecule has 0 aliphatic carbocycles. The van der Waals surface area contributed by atoms with Crippen LogP contribution >= 0.6 is 11.8 Å². The molecule has 0 heterocycles. The average molecular weight is 190 g/mol. The highest BCUT2D eigenvalue weighted by atomic mass is 32.2. The molecule has 0 bridgehead atoms. The van der Waals surface area contributed by atoms with Crippen molar-refractivity contribution in [2.45, 2.75) is 11.3 Å². The predicted octanol–water partition coefficient (Wildman–Crippen LogP) is 3.02. The van der Waals surface area contributed by atoms with Gasteiger partial charge in [-0.3, -0.25) is 4.99 Å². The summed E-state index contributed by atoms with van der Waals surface area (Å²) in [5.41, 5.74) is 0.894. The van der Waals surface area contributed by atoms with Gasteiger partial charge in [-0.1, -0.05) is 12.1 Å². The summed E-state index contributed by atoms with van der Waals surface area (Å²) in [6, 6.07) is 9.91. The van der Waals surface area contributed by atoms with Gasteiger partial charge in [0, 0.05) is 17.1 Å². The number of aliphatic imine (C=N–C) groups is 1. The van der Waals surface area contributed by atoms with Gasteiger partial charge in [-0.25, -0.2) is 0 Å². The second kappa shape index (κ2) is 5.39. The minimum absolute atomic E-state index is 0.566. The van der Waals surface area contributed by atoms with Gasteiger partial charge in [0.25, 0.3) is 0 Å². The topological polar surface area (TPSA) is 36.1 Å². The average Bonchev–Trinajstić information content (AvgIpc) is 2.19. The van der Waals surface area contributed by atoms with E-state index in [0.29, 0.717) is 6.42 Å². The van der Waals surface area contributed by atoms with Crippen molar-refractivity contribution >= 4 is 24.2 Å². The van der Waals surface area contributed by atoms with E-state index >= 15 is 0 Å². The van der Waals surface area contributed by atoms with Gasteiger partial charge >= 0.3 is 0 Å². The van der Waals surface area contributed by atoms with Crippen LogP contribution in [0.2, 0.25) is 0 Å². The largest absolute Gasteiger partial charge is 0.263 e. The Bertz CT molecular complexity index is 328. The first-order chi connectivity index (χ1) is 6.38. The molecule has 0 N–H and O–H groups in total. The van der Waals surface area contributed by atoms with Gasteiger partial charge in [-0.05, 0) is 18.9 Å². The van der Waals surface area contributed by atoms with Crippen molar-refractivity contribution in [3.8, 4) is 6.07 Å². The Hall–Kier alpha value is -1.27. The molecule has 0 radical (unpaired) electrons. The number of benzene rings is 1. The number of para-hydroxylation sites is 1. The normalized spacial score (nSPS) is 9.15. The number of nitrogens with zero attached hydrogens (tertiary/aromatic N) is 2. The van der Waals surface area contributed by atoms with Crippen molar-refractivity contribution in [2.75, 3.05) is 5.75 Å². The Kier molecular flexibility index (Phi) is 4.07. The van der Waals surface area contributed by atoms with Gasteiger partial charge < -0.3 is 0 Å². The summed E-state index contributed by atoms with van der Waals surface area (Å²) >= 11 is 1.64. The maximum absolute atomic E-state index is 8.37. The summed E-state index contributed by atoms with van der Waals surface area (Å²) in [5.74, 6) is 0.809. The number of rotatable bonds is 4. The van der Waals surface area contributed by atoms with Crippen molar-refractivity contribution in [3.63, 3.8) is 0 Å². The van der Waals surface area contributed by atoms with E-state index < -0.39 is 0 Å². The zero-order valence-corrected chi connectivity index (χ0v) is 8.05. The highest BCUT2D eigenvalue weighted by molar-refractivity contribution is 7.99. The third-order valence-electron chi connectivity index (χ3n) is 1.51. The highest BCUT2D eigenvalue weighted by Crippen LogP contribution is 2.28. The van der Waals surface area contributed by atoms with Crippen LogP contribution in [0, 0.1) is 11.3 Å². The molecule has 1 aromatic rings. The zero-order chi connectivity index (χ0) is 9.52. The second-order valence-electron chi connectivity index (χ2n) is 2.38. The Morgan fingerprint density at radius 3 is 2.92 bits per heavy atom. The number of hydrogen-bond donors (Lipinski definition) is 0. The van der Waals surface area contributed by atoms with E-state index in [2.05, 4.69) is 17.8 Å². The van der Waals surface area contributed by atoms with Crippen molar-refractivity contribution in [1.29, 1.82) is 5.26 Å². The van der Waals surface area contributed by atoms with Crippen LogP contribution in [0.4, 0.5) is 5.69 Å². The van der Waals surface area contributed by atoms with Crippen LogP contribution in [0.3, 0.4) is 0 Å². The molecule has 0 spiro atoms. The third-order valence-corrected chi connectivity index (χ3v) is 2.57. The van der Waals surface area contributed by atoms with E-state index in [9.17, 15) is 0 Å². The fourth-order valence-corrected chi connectivity index (χ4v) is 1.79. The second-order valence-corrected chi connectivity index (χ2v) is 3.52. The number of thioether (sulfide) groups is 1. The first-order valence-electron chi connectivity index (χ1n) is 3.94. The van der Waals surface area contributed by atoms with Crippen LogP contribution in [0.25, 0.3) is 0 Å². The zero-order valence-electron chi connectivity index (χ0n) is 7.23. The molecule has 0 fully saturated rings. The molecule has 0 atom stereocenters. The van der Waals surface area contributed by atoms with E-state index in [1.54, 1.807) is 11.8 Å². The van der Waals surface area contributed by atoms with Crippen LogP contribution in [0.15, 0.2) is 34.2 Å². The fourth-order valence-electron chi connectivity index (χ4n) is 0.916. The first kappa shape index (κ1) is 9.82. The smallest absolute Gasteiger partial charge is 0.0758 e. The summed E-state index contributed by atoms with van der Waals surface area (Å²) in [5, 5.41) is 8.37. The Morgan fingerprint density at radius 1 is 1.46 bits per heavy atom. The summed E-state index contributed by atoms with van der Waals surface area (Å²) in [6.07, 6.45) is 0.566. The Balaban J connectivity index is 2.65. The van der Waals surface area contributed by atoms with Crippen LogP contribution in [-0.2, 0) is 0 Å². The molecule has 66 valence electrons. The molecule has 1 rings (SSSR count). The van der Waals surface area contributed by atoms with E-state index in [4.69, 9.17) is 5.26 Å². The lowest BCUT2D eigenvalue weighted by Crippen LogP contribution is -1.77. The third kappa shape index (κ3) is 2.92. The lowest BCUT2D eigenvalue weighted by Gasteiger charge is -2.01. The summed E-state index contributed by atoms with van der Waals surface area (Å²) < 4.78 is 0. The Labute approximate surface area is 82.3 Å². The van der Waals surface area contributed by atoms with Gasteiger partial charge in [-0.2, -0.15) is 5.26 Å². The molecule has 0 aromatic heterocycles. The molecule has 3 heteroatoms. The predicted molar refractivity (Wildman–Crippen MR) is 56.6 cm³/mol. The number of hydrogen-bond acceptors (Lipinski definition) is 3. The van der Waals surface area contributed by atoms with Gasteiger partial charge in [-0.15, -0.1) is 11.8 Å². The highest BCUT2D eigenvalue weighted by Gasteiger charge is 1.98. The minimum atomic E-state index is 0.566. The van der Waals surface area contributed by atoms with Gasteiger partial charge in [0.2, 0.25) is 0 Å². The van der Waals surface area contributed by atoms with Crippen molar-refractivity contribution < 1.29 is 0 Å². The molecule has 0 aliphatic heterocycles. The molecule has 0 unspecified atom stereocenters. The van der Waals surface area contributed by atoms with Crippen molar-refractivity contribution in [1.82, 2.24) is 0 Å². The van der Waals surface area contributed by atoms with Crippen LogP contribution in [0.1, 0.15) is 6.42 Å². The van der Waals surface area contributed by atoms with Gasteiger partial charge in [0.05, 0.1) is 11.8 Å². The van der Waals surface area contributed by atoms with Crippen LogP contribution < -0.4 is 0 Å². The molecular formula is C10H10N2S. The van der Waals surface area contributed by atoms with E-state index in [1.165, 1.54) is 0 Å². The maximum Gasteiger partial charge on any atom is 0.0758 e. The van der Waals surface area contributed by atoms with E-state index in [-0.39, 0.29) is 0 Å². The van der Waals surface area contributed by atoms with E-state index in [0.717, 1.165) is 16.3 Å². The standard InChI is InChI=1S/C10H10N2S/c1-12-9-5-2-3-6-10(9)13-8-4-7-11/h2-3,5-6H,1,4,8H2. The monoisotopic (exact) mass is 190 g/mol.